The van der Waals surface area contributed by atoms with Crippen molar-refractivity contribution in [1.82, 2.24) is 9.88 Å². The number of likely N-dealkylation sites (tertiary alicyclic amines) is 1. The number of halogens is 4. The van der Waals surface area contributed by atoms with Gasteiger partial charge in [-0.15, -0.1) is 0 Å². The van der Waals surface area contributed by atoms with Gasteiger partial charge in [0.1, 0.15) is 5.15 Å². The van der Waals surface area contributed by atoms with Crippen molar-refractivity contribution in [2.45, 2.75) is 18.2 Å². The van der Waals surface area contributed by atoms with Crippen LogP contribution in [0.3, 0.4) is 0 Å². The summed E-state index contributed by atoms with van der Waals surface area (Å²) in [6.45, 7) is -0.972. The van der Waals surface area contributed by atoms with Crippen molar-refractivity contribution in [2.75, 3.05) is 13.1 Å². The maximum absolute atomic E-state index is 12.6. The highest BCUT2D eigenvalue weighted by atomic mass is 35.5. The van der Waals surface area contributed by atoms with Gasteiger partial charge in [0.05, 0.1) is 12.1 Å². The smallest absolute Gasteiger partial charge is 0.379 e. The molecule has 19 heavy (non-hydrogen) atoms. The molecule has 0 spiro atoms. The summed E-state index contributed by atoms with van der Waals surface area (Å²) < 4.78 is 37.9. The number of hydrogen-bond donors (Lipinski definition) is 1. The van der Waals surface area contributed by atoms with Crippen molar-refractivity contribution in [3.8, 4) is 0 Å². The Morgan fingerprint density at radius 1 is 1.53 bits per heavy atom. The summed E-state index contributed by atoms with van der Waals surface area (Å²) in [6.07, 6.45) is -3.93. The van der Waals surface area contributed by atoms with E-state index in [1.54, 1.807) is 0 Å². The Labute approximate surface area is 111 Å². The number of rotatable bonds is 1. The number of β-amino-alcohol motifs (C(OH)–C–C–N with tert-alkyl or cyclic N) is 1. The molecular formula is C11H10ClF3N2O2. The summed E-state index contributed by atoms with van der Waals surface area (Å²) in [5.74, 6) is -0.668. The second kappa shape index (κ2) is 4.64. The van der Waals surface area contributed by atoms with Crippen LogP contribution >= 0.6 is 11.6 Å². The summed E-state index contributed by atoms with van der Waals surface area (Å²) in [5.41, 5.74) is -2.83. The lowest BCUT2D eigenvalue weighted by molar-refractivity contribution is -0.253. The molecule has 1 aromatic rings. The lowest BCUT2D eigenvalue weighted by Crippen LogP contribution is -2.48. The molecule has 1 saturated heterocycles. The van der Waals surface area contributed by atoms with Gasteiger partial charge in [0.25, 0.3) is 5.91 Å². The minimum absolute atomic E-state index is 0.0237. The van der Waals surface area contributed by atoms with Crippen LogP contribution in [0, 0.1) is 0 Å². The van der Waals surface area contributed by atoms with E-state index in [2.05, 4.69) is 4.98 Å². The Balaban J connectivity index is 2.18. The topological polar surface area (TPSA) is 53.4 Å². The lowest BCUT2D eigenvalue weighted by Gasteiger charge is -2.25. The minimum Gasteiger partial charge on any atom is -0.379 e. The maximum Gasteiger partial charge on any atom is 0.419 e. The van der Waals surface area contributed by atoms with Crippen LogP contribution in [-0.2, 0) is 0 Å². The van der Waals surface area contributed by atoms with Crippen LogP contribution in [0.25, 0.3) is 0 Å². The average molecular weight is 295 g/mol. The van der Waals surface area contributed by atoms with E-state index >= 15 is 0 Å². The lowest BCUT2D eigenvalue weighted by atomic mass is 10.0. The standard InChI is InChI=1S/C11H10ClF3N2O2/c12-8-7(2-1-4-16-8)9(18)17-5-3-10(19,6-17)11(13,14)15/h1-2,4,19H,3,5-6H2/t10-/m1/s1. The van der Waals surface area contributed by atoms with E-state index in [9.17, 15) is 23.1 Å². The van der Waals surface area contributed by atoms with Gasteiger partial charge in [0.15, 0.2) is 5.60 Å². The van der Waals surface area contributed by atoms with E-state index in [4.69, 9.17) is 11.6 Å². The molecule has 1 aliphatic heterocycles. The first-order valence-corrected chi connectivity index (χ1v) is 5.81. The first-order valence-electron chi connectivity index (χ1n) is 5.43. The van der Waals surface area contributed by atoms with Gasteiger partial charge >= 0.3 is 6.18 Å². The number of nitrogens with zero attached hydrogens (tertiary/aromatic N) is 2. The Morgan fingerprint density at radius 3 is 2.74 bits per heavy atom. The highest BCUT2D eigenvalue weighted by molar-refractivity contribution is 6.32. The number of amides is 1. The van der Waals surface area contributed by atoms with Gasteiger partial charge in [-0.1, -0.05) is 11.6 Å². The van der Waals surface area contributed by atoms with Gasteiger partial charge in [0, 0.05) is 19.2 Å². The minimum atomic E-state index is -4.76. The SMILES string of the molecule is O=C(c1cccnc1Cl)N1CC[C@](O)(C(F)(F)F)C1. The first-order chi connectivity index (χ1) is 8.74. The molecule has 4 nitrogen and oxygen atoms in total. The van der Waals surface area contributed by atoms with Crippen molar-refractivity contribution in [3.05, 3.63) is 29.0 Å². The highest BCUT2D eigenvalue weighted by Crippen LogP contribution is 2.38. The predicted octanol–water partition coefficient (Wildman–Crippen LogP) is 1.87. The Bertz CT molecular complexity index is 509. The molecule has 1 atom stereocenters. The fourth-order valence-corrected chi connectivity index (χ4v) is 2.11. The van der Waals surface area contributed by atoms with E-state index in [1.165, 1.54) is 18.3 Å². The highest BCUT2D eigenvalue weighted by Gasteiger charge is 2.57. The molecule has 0 saturated carbocycles. The Hall–Kier alpha value is -1.34. The van der Waals surface area contributed by atoms with Gasteiger partial charge in [-0.25, -0.2) is 4.98 Å². The molecule has 8 heteroatoms. The third-order valence-electron chi connectivity index (χ3n) is 3.05. The molecule has 1 amide bonds. The van der Waals surface area contributed by atoms with Crippen LogP contribution in [-0.4, -0.2) is 45.8 Å². The molecule has 0 unspecified atom stereocenters. The monoisotopic (exact) mass is 294 g/mol. The zero-order valence-corrected chi connectivity index (χ0v) is 10.4. The zero-order valence-electron chi connectivity index (χ0n) is 9.62. The molecule has 1 N–H and O–H groups in total. The molecule has 2 rings (SSSR count). The number of aromatic nitrogens is 1. The van der Waals surface area contributed by atoms with Crippen molar-refractivity contribution >= 4 is 17.5 Å². The van der Waals surface area contributed by atoms with E-state index in [0.717, 1.165) is 4.90 Å². The zero-order chi connectivity index (χ0) is 14.3. The largest absolute Gasteiger partial charge is 0.419 e. The Kier molecular flexibility index (Phi) is 3.44. The Morgan fingerprint density at radius 2 is 2.21 bits per heavy atom. The average Bonchev–Trinajstić information content (AvgIpc) is 2.72. The molecule has 0 radical (unpaired) electrons. The fraction of sp³-hybridized carbons (Fsp3) is 0.455. The maximum atomic E-state index is 12.6. The van der Waals surface area contributed by atoms with Crippen molar-refractivity contribution in [2.24, 2.45) is 0 Å². The van der Waals surface area contributed by atoms with Crippen LogP contribution in [0.5, 0.6) is 0 Å². The first kappa shape index (κ1) is 14.1. The molecule has 1 fully saturated rings. The molecule has 104 valence electrons. The van der Waals surface area contributed by atoms with E-state index in [-0.39, 0.29) is 17.3 Å². The molecule has 0 aromatic carbocycles. The third kappa shape index (κ3) is 2.52. The van der Waals surface area contributed by atoms with Crippen molar-refractivity contribution < 1.29 is 23.1 Å². The third-order valence-corrected chi connectivity index (χ3v) is 3.35. The van der Waals surface area contributed by atoms with Crippen molar-refractivity contribution in [3.63, 3.8) is 0 Å². The summed E-state index contributed by atoms with van der Waals surface area (Å²) in [6, 6.07) is 2.84. The van der Waals surface area contributed by atoms with Gasteiger partial charge in [-0.3, -0.25) is 4.79 Å². The van der Waals surface area contributed by atoms with Gasteiger partial charge in [-0.2, -0.15) is 13.2 Å². The molecule has 1 aliphatic rings. The van der Waals surface area contributed by atoms with Crippen LogP contribution in [0.4, 0.5) is 13.2 Å². The number of carbonyl (C=O) groups excluding carboxylic acids is 1. The van der Waals surface area contributed by atoms with E-state index < -0.39 is 30.7 Å². The second-order valence-electron chi connectivity index (χ2n) is 4.35. The van der Waals surface area contributed by atoms with Crippen LogP contribution < -0.4 is 0 Å². The molecule has 0 aliphatic carbocycles. The van der Waals surface area contributed by atoms with Gasteiger partial charge in [-0.05, 0) is 12.1 Å². The summed E-state index contributed by atoms with van der Waals surface area (Å²) in [4.78, 5) is 16.6. The predicted molar refractivity (Wildman–Crippen MR) is 60.8 cm³/mol. The van der Waals surface area contributed by atoms with Gasteiger partial charge < -0.3 is 10.0 Å². The molecule has 2 heterocycles. The molecular weight excluding hydrogens is 285 g/mol. The van der Waals surface area contributed by atoms with Crippen LogP contribution in [0.15, 0.2) is 18.3 Å². The van der Waals surface area contributed by atoms with E-state index in [0.29, 0.717) is 0 Å². The number of pyridine rings is 1. The molecule has 0 bridgehead atoms. The second-order valence-corrected chi connectivity index (χ2v) is 4.71. The van der Waals surface area contributed by atoms with Gasteiger partial charge in [0.2, 0.25) is 0 Å². The molecule has 1 aromatic heterocycles. The number of hydrogen-bond acceptors (Lipinski definition) is 3. The summed E-state index contributed by atoms with van der Waals surface area (Å²) >= 11 is 5.72. The van der Waals surface area contributed by atoms with Crippen LogP contribution in [0.1, 0.15) is 16.8 Å². The van der Waals surface area contributed by atoms with E-state index in [1.807, 2.05) is 0 Å². The fourth-order valence-electron chi connectivity index (χ4n) is 1.91. The normalized spacial score (nSPS) is 23.7. The quantitative estimate of drug-likeness (QED) is 0.805. The number of aliphatic hydroxyl groups is 1. The number of alkyl halides is 3. The summed E-state index contributed by atoms with van der Waals surface area (Å²) in [7, 11) is 0. The van der Waals surface area contributed by atoms with Crippen LogP contribution in [0.2, 0.25) is 5.15 Å². The number of carbonyl (C=O) groups is 1. The summed E-state index contributed by atoms with van der Waals surface area (Å²) in [5, 5.41) is 9.42. The van der Waals surface area contributed by atoms with Crippen molar-refractivity contribution in [1.29, 1.82) is 0 Å².